The van der Waals surface area contributed by atoms with Gasteiger partial charge in [0.1, 0.15) is 40.7 Å². The molecule has 0 aliphatic carbocycles. The van der Waals surface area contributed by atoms with Gasteiger partial charge >= 0.3 is 0 Å². The van der Waals surface area contributed by atoms with Gasteiger partial charge in [0.15, 0.2) is 0 Å². The Labute approximate surface area is 88.6 Å². The van der Waals surface area contributed by atoms with Gasteiger partial charge in [0.05, 0.1) is 0 Å². The Morgan fingerprint density at radius 2 is 0.308 bits per heavy atom. The Bertz CT molecular complexity index is 32.6. The van der Waals surface area contributed by atoms with Gasteiger partial charge < -0.3 is 28.8 Å². The van der Waals surface area contributed by atoms with Gasteiger partial charge in [-0.15, -0.1) is 0 Å². The van der Waals surface area contributed by atoms with Crippen LogP contribution in [0.4, 0.5) is 0 Å². The Hall–Kier alpha value is -1.40. The van der Waals surface area contributed by atoms with E-state index < -0.39 is 0 Å². The summed E-state index contributed by atoms with van der Waals surface area (Å²) in [5.41, 5.74) is 0. The summed E-state index contributed by atoms with van der Waals surface area (Å²) in [7, 11) is 0. The number of hydrogen-bond acceptors (Lipinski definition) is 6. The SMILES string of the molecule is C=O.C=O.C=O.C=O.C=O.C=O.[V]. The minimum atomic E-state index is 0. The van der Waals surface area contributed by atoms with Crippen LogP contribution in [-0.2, 0) is 47.3 Å². The van der Waals surface area contributed by atoms with E-state index in [0.717, 1.165) is 0 Å². The number of rotatable bonds is 0. The average Bonchev–Trinajstić information content (AvgIpc) is 2.33. The van der Waals surface area contributed by atoms with Crippen LogP contribution >= 0.6 is 0 Å². The summed E-state index contributed by atoms with van der Waals surface area (Å²) in [5.74, 6) is 0. The van der Waals surface area contributed by atoms with Crippen molar-refractivity contribution in [3.05, 3.63) is 0 Å². The van der Waals surface area contributed by atoms with E-state index in [2.05, 4.69) is 0 Å². The van der Waals surface area contributed by atoms with Crippen molar-refractivity contribution in [1.29, 1.82) is 0 Å². The molecule has 13 heavy (non-hydrogen) atoms. The maximum atomic E-state index is 8.00. The molecular weight excluding hydrogens is 219 g/mol. The molecule has 0 aromatic heterocycles. The normalized spacial score (nSPS) is 1.85. The van der Waals surface area contributed by atoms with E-state index in [4.69, 9.17) is 28.8 Å². The largest absolute Gasteiger partial charge is 0.307 e. The first-order valence-corrected chi connectivity index (χ1v) is 1.73. The molecule has 0 saturated carbocycles. The van der Waals surface area contributed by atoms with Crippen molar-refractivity contribution in [2.45, 2.75) is 0 Å². The molecule has 0 aliphatic rings. The zero-order valence-electron chi connectivity index (χ0n) is 7.14. The monoisotopic (exact) mass is 231 g/mol. The molecule has 0 bridgehead atoms. The van der Waals surface area contributed by atoms with Gasteiger partial charge in [-0.2, -0.15) is 0 Å². The Kier molecular flexibility index (Phi) is 2380. The topological polar surface area (TPSA) is 102 Å². The quantitative estimate of drug-likeness (QED) is 0.523. The molecule has 0 amide bonds. The van der Waals surface area contributed by atoms with E-state index in [1.165, 1.54) is 0 Å². The summed E-state index contributed by atoms with van der Waals surface area (Å²) in [5, 5.41) is 0. The molecule has 7 heteroatoms. The molecule has 0 saturated heterocycles. The van der Waals surface area contributed by atoms with Gasteiger partial charge in [0.2, 0.25) is 0 Å². The number of hydrogen-bond donors (Lipinski definition) is 0. The standard InChI is InChI=1S/6CH2O.V/c6*1-2;/h6*1H2;. The van der Waals surface area contributed by atoms with Crippen molar-refractivity contribution in [3.63, 3.8) is 0 Å². The molecule has 0 N–H and O–H groups in total. The molecule has 0 atom stereocenters. The average molecular weight is 231 g/mol. The third kappa shape index (κ3) is 403. The summed E-state index contributed by atoms with van der Waals surface area (Å²) in [6, 6.07) is 0. The predicted octanol–water partition coefficient (Wildman–Crippen LogP) is -1.11. The van der Waals surface area contributed by atoms with E-state index in [-0.39, 0.29) is 18.6 Å². The fourth-order valence-corrected chi connectivity index (χ4v) is 0. The smallest absolute Gasteiger partial charge is 0.106 e. The minimum Gasteiger partial charge on any atom is -0.307 e. The van der Waals surface area contributed by atoms with Crippen LogP contribution in [0.2, 0.25) is 0 Å². The third-order valence-corrected chi connectivity index (χ3v) is 0. The molecule has 0 heterocycles. The minimum absolute atomic E-state index is 0. The molecule has 0 rings (SSSR count). The van der Waals surface area contributed by atoms with Crippen LogP contribution in [0, 0.1) is 0 Å². The van der Waals surface area contributed by atoms with Crippen LogP contribution in [-0.4, -0.2) is 40.7 Å². The first kappa shape index (κ1) is 61.6. The molecule has 0 unspecified atom stereocenters. The fourth-order valence-electron chi connectivity index (χ4n) is 0. The summed E-state index contributed by atoms with van der Waals surface area (Å²) in [6.07, 6.45) is 0. The molecule has 1 radical (unpaired) electrons. The van der Waals surface area contributed by atoms with E-state index in [9.17, 15) is 0 Å². The maximum Gasteiger partial charge on any atom is 0.106 e. The zero-order valence-corrected chi connectivity index (χ0v) is 8.54. The van der Waals surface area contributed by atoms with Crippen LogP contribution in [0.15, 0.2) is 0 Å². The van der Waals surface area contributed by atoms with Crippen molar-refractivity contribution >= 4 is 40.7 Å². The number of carbonyl (C=O) groups excluding carboxylic acids is 6. The van der Waals surface area contributed by atoms with Crippen LogP contribution < -0.4 is 0 Å². The molecule has 0 spiro atoms. The fraction of sp³-hybridized carbons (Fsp3) is 0. The summed E-state index contributed by atoms with van der Waals surface area (Å²) < 4.78 is 0. The van der Waals surface area contributed by atoms with E-state index in [0.29, 0.717) is 0 Å². The number of carbonyl (C=O) groups is 6. The van der Waals surface area contributed by atoms with E-state index in [1.807, 2.05) is 40.7 Å². The van der Waals surface area contributed by atoms with E-state index in [1.54, 1.807) is 0 Å². The second kappa shape index (κ2) is 502. The van der Waals surface area contributed by atoms with Gasteiger partial charge in [0, 0.05) is 18.6 Å². The van der Waals surface area contributed by atoms with Crippen LogP contribution in [0.1, 0.15) is 0 Å². The third-order valence-electron chi connectivity index (χ3n) is 0. The van der Waals surface area contributed by atoms with Crippen molar-refractivity contribution in [2.75, 3.05) is 0 Å². The zero-order chi connectivity index (χ0) is 12.0. The second-order valence-corrected chi connectivity index (χ2v) is 0. The molecular formula is C6H12O6V. The van der Waals surface area contributed by atoms with Crippen molar-refractivity contribution in [1.82, 2.24) is 0 Å². The summed E-state index contributed by atoms with van der Waals surface area (Å²) in [4.78, 5) is 48.0. The van der Waals surface area contributed by atoms with Crippen LogP contribution in [0.25, 0.3) is 0 Å². The molecule has 0 aromatic rings. The van der Waals surface area contributed by atoms with Gasteiger partial charge in [-0.3, -0.25) is 0 Å². The van der Waals surface area contributed by atoms with Gasteiger partial charge in [-0.05, 0) is 0 Å². The maximum absolute atomic E-state index is 8.00. The van der Waals surface area contributed by atoms with Crippen LogP contribution in [0.3, 0.4) is 0 Å². The Balaban J connectivity index is -0.00000000655. The Morgan fingerprint density at radius 3 is 0.308 bits per heavy atom. The van der Waals surface area contributed by atoms with Crippen LogP contribution in [0.5, 0.6) is 0 Å². The molecule has 0 fully saturated rings. The predicted molar refractivity (Wildman–Crippen MR) is 42.7 cm³/mol. The van der Waals surface area contributed by atoms with E-state index >= 15 is 0 Å². The molecule has 6 nitrogen and oxygen atoms in total. The molecule has 0 aliphatic heterocycles. The van der Waals surface area contributed by atoms with Gasteiger partial charge in [-0.25, -0.2) is 0 Å². The molecule has 77 valence electrons. The van der Waals surface area contributed by atoms with Crippen molar-refractivity contribution in [2.24, 2.45) is 0 Å². The first-order valence-electron chi connectivity index (χ1n) is 1.73. The van der Waals surface area contributed by atoms with Crippen molar-refractivity contribution in [3.8, 4) is 0 Å². The molecule has 0 aromatic carbocycles. The second-order valence-electron chi connectivity index (χ2n) is 0. The summed E-state index contributed by atoms with van der Waals surface area (Å²) >= 11 is 0. The van der Waals surface area contributed by atoms with Crippen molar-refractivity contribution < 1.29 is 47.3 Å². The Morgan fingerprint density at radius 1 is 0.308 bits per heavy atom. The van der Waals surface area contributed by atoms with Gasteiger partial charge in [0.25, 0.3) is 0 Å². The summed E-state index contributed by atoms with van der Waals surface area (Å²) in [6.45, 7) is 12.0. The van der Waals surface area contributed by atoms with Gasteiger partial charge in [-0.1, -0.05) is 0 Å². The first-order chi connectivity index (χ1) is 6.00.